The lowest BCUT2D eigenvalue weighted by atomic mass is 9.91. The number of halogens is 2. The van der Waals surface area contributed by atoms with E-state index in [0.717, 1.165) is 50.8 Å². The molecular weight excluding hydrogens is 447 g/mol. The predicted octanol–water partition coefficient (Wildman–Crippen LogP) is 5.09. The number of carbonyl (C=O) groups is 2. The molecule has 0 radical (unpaired) electrons. The Labute approximate surface area is 197 Å². The quantitative estimate of drug-likeness (QED) is 0.486. The third kappa shape index (κ3) is 5.43. The number of piperidine rings is 1. The molecule has 1 fully saturated rings. The third-order valence-electron chi connectivity index (χ3n) is 6.04. The minimum atomic E-state index is -0.0629. The molecular formula is C24H26Cl2N4O2. The Morgan fingerprint density at radius 3 is 2.72 bits per heavy atom. The summed E-state index contributed by atoms with van der Waals surface area (Å²) in [6.07, 6.45) is 10.4. The number of pyridine rings is 1. The summed E-state index contributed by atoms with van der Waals surface area (Å²) in [6, 6.07) is 8.63. The molecule has 2 aromatic heterocycles. The highest BCUT2D eigenvalue weighted by Crippen LogP contribution is 2.26. The van der Waals surface area contributed by atoms with E-state index in [4.69, 9.17) is 23.2 Å². The number of hydrogen-bond acceptors (Lipinski definition) is 3. The topological polar surface area (TPSA) is 66.7 Å². The van der Waals surface area contributed by atoms with Crippen molar-refractivity contribution in [2.45, 2.75) is 32.1 Å². The number of imidazole rings is 1. The molecule has 4 rings (SSSR count). The SMILES string of the molecule is O=C(NCCCCC1CCN(C(=O)c2cc(Cl)ccc2Cl)CC1)c1ccc2nccn2c1. The number of unbranched alkanes of at least 4 members (excludes halogenated alkanes) is 1. The number of likely N-dealkylation sites (tertiary alicyclic amines) is 1. The first-order valence-corrected chi connectivity index (χ1v) is 11.7. The van der Waals surface area contributed by atoms with E-state index in [1.54, 1.807) is 36.7 Å². The Morgan fingerprint density at radius 2 is 1.91 bits per heavy atom. The standard InChI is InChI=1S/C24H26Cl2N4O2/c25-19-5-6-21(26)20(15-19)24(32)29-12-8-17(9-13-29)3-1-2-10-28-23(31)18-4-7-22-27-11-14-30(22)16-18/h4-7,11,14-17H,1-3,8-10,12-13H2,(H,28,31). The molecule has 0 atom stereocenters. The van der Waals surface area contributed by atoms with Gasteiger partial charge in [0, 0.05) is 43.2 Å². The van der Waals surface area contributed by atoms with Crippen LogP contribution in [-0.4, -0.2) is 45.7 Å². The Balaban J connectivity index is 1.15. The third-order valence-corrected chi connectivity index (χ3v) is 6.60. The maximum Gasteiger partial charge on any atom is 0.255 e. The average Bonchev–Trinajstić information content (AvgIpc) is 3.28. The normalized spacial score (nSPS) is 14.6. The van der Waals surface area contributed by atoms with E-state index in [1.165, 1.54) is 0 Å². The van der Waals surface area contributed by atoms with Crippen LogP contribution in [-0.2, 0) is 0 Å². The largest absolute Gasteiger partial charge is 0.352 e. The smallest absolute Gasteiger partial charge is 0.255 e. The molecule has 0 aliphatic carbocycles. The van der Waals surface area contributed by atoms with Gasteiger partial charge in [-0.2, -0.15) is 0 Å². The molecule has 0 spiro atoms. The van der Waals surface area contributed by atoms with Crippen molar-refractivity contribution in [1.29, 1.82) is 0 Å². The minimum Gasteiger partial charge on any atom is -0.352 e. The molecule has 8 heteroatoms. The lowest BCUT2D eigenvalue weighted by molar-refractivity contribution is 0.0686. The molecule has 3 aromatic rings. The highest BCUT2D eigenvalue weighted by atomic mass is 35.5. The number of aromatic nitrogens is 2. The summed E-state index contributed by atoms with van der Waals surface area (Å²) in [5.41, 5.74) is 1.93. The summed E-state index contributed by atoms with van der Waals surface area (Å²) in [7, 11) is 0. The van der Waals surface area contributed by atoms with Crippen molar-refractivity contribution in [2.75, 3.05) is 19.6 Å². The van der Waals surface area contributed by atoms with Crippen LogP contribution in [0.3, 0.4) is 0 Å². The number of fused-ring (bicyclic) bond motifs is 1. The average molecular weight is 473 g/mol. The molecule has 0 bridgehead atoms. The summed E-state index contributed by atoms with van der Waals surface area (Å²) in [4.78, 5) is 31.1. The van der Waals surface area contributed by atoms with E-state index in [9.17, 15) is 9.59 Å². The van der Waals surface area contributed by atoms with Crippen molar-refractivity contribution >= 4 is 40.7 Å². The van der Waals surface area contributed by atoms with Gasteiger partial charge in [-0.3, -0.25) is 9.59 Å². The lowest BCUT2D eigenvalue weighted by Gasteiger charge is -2.32. The van der Waals surface area contributed by atoms with Crippen LogP contribution in [0.15, 0.2) is 48.9 Å². The summed E-state index contributed by atoms with van der Waals surface area (Å²) in [5, 5.41) is 3.95. The molecule has 2 amide bonds. The van der Waals surface area contributed by atoms with Gasteiger partial charge in [0.1, 0.15) is 5.65 Å². The fraction of sp³-hybridized carbons (Fsp3) is 0.375. The van der Waals surface area contributed by atoms with Gasteiger partial charge in [-0.05, 0) is 55.5 Å². The van der Waals surface area contributed by atoms with E-state index >= 15 is 0 Å². The van der Waals surface area contributed by atoms with Gasteiger partial charge >= 0.3 is 0 Å². The van der Waals surface area contributed by atoms with E-state index in [0.29, 0.717) is 33.6 Å². The number of hydrogen-bond donors (Lipinski definition) is 1. The van der Waals surface area contributed by atoms with E-state index in [2.05, 4.69) is 10.3 Å². The van der Waals surface area contributed by atoms with Crippen molar-refractivity contribution in [1.82, 2.24) is 19.6 Å². The van der Waals surface area contributed by atoms with Gasteiger partial charge in [0.15, 0.2) is 0 Å². The van der Waals surface area contributed by atoms with Gasteiger partial charge in [0.05, 0.1) is 16.1 Å². The number of nitrogens with one attached hydrogen (secondary N) is 1. The van der Waals surface area contributed by atoms with Gasteiger partial charge in [-0.15, -0.1) is 0 Å². The van der Waals surface area contributed by atoms with E-state index in [1.807, 2.05) is 21.6 Å². The van der Waals surface area contributed by atoms with E-state index in [-0.39, 0.29) is 11.8 Å². The zero-order chi connectivity index (χ0) is 22.5. The minimum absolute atomic E-state index is 0.0486. The van der Waals surface area contributed by atoms with Gasteiger partial charge in [-0.25, -0.2) is 4.98 Å². The molecule has 6 nitrogen and oxygen atoms in total. The van der Waals surface area contributed by atoms with Gasteiger partial charge in [-0.1, -0.05) is 36.0 Å². The van der Waals surface area contributed by atoms with Crippen LogP contribution in [0.1, 0.15) is 52.8 Å². The highest BCUT2D eigenvalue weighted by Gasteiger charge is 2.24. The van der Waals surface area contributed by atoms with Gasteiger partial charge in [0.25, 0.3) is 11.8 Å². The first kappa shape index (κ1) is 22.6. The van der Waals surface area contributed by atoms with Crippen molar-refractivity contribution in [3.8, 4) is 0 Å². The number of nitrogens with zero attached hydrogens (tertiary/aromatic N) is 3. The molecule has 1 saturated heterocycles. The fourth-order valence-corrected chi connectivity index (χ4v) is 4.54. The Kier molecular flexibility index (Phi) is 7.33. The van der Waals surface area contributed by atoms with Crippen LogP contribution in [0.2, 0.25) is 10.0 Å². The summed E-state index contributed by atoms with van der Waals surface area (Å²) in [5.74, 6) is 0.493. The molecule has 1 aliphatic rings. The maximum atomic E-state index is 12.8. The second-order valence-corrected chi connectivity index (χ2v) is 9.07. The van der Waals surface area contributed by atoms with Crippen LogP contribution in [0.25, 0.3) is 5.65 Å². The van der Waals surface area contributed by atoms with Crippen LogP contribution in [0.5, 0.6) is 0 Å². The Morgan fingerprint density at radius 1 is 1.09 bits per heavy atom. The number of carbonyl (C=O) groups excluding carboxylic acids is 2. The Hall–Kier alpha value is -2.57. The second-order valence-electron chi connectivity index (χ2n) is 8.22. The zero-order valence-corrected chi connectivity index (χ0v) is 19.3. The molecule has 3 heterocycles. The summed E-state index contributed by atoms with van der Waals surface area (Å²) >= 11 is 12.2. The predicted molar refractivity (Wildman–Crippen MR) is 126 cm³/mol. The molecule has 168 valence electrons. The molecule has 32 heavy (non-hydrogen) atoms. The second kappa shape index (κ2) is 10.4. The van der Waals surface area contributed by atoms with Gasteiger partial charge < -0.3 is 14.6 Å². The first-order valence-electron chi connectivity index (χ1n) is 11.0. The van der Waals surface area contributed by atoms with Crippen LogP contribution in [0.4, 0.5) is 0 Å². The first-order chi connectivity index (χ1) is 15.5. The van der Waals surface area contributed by atoms with E-state index < -0.39 is 0 Å². The number of rotatable bonds is 7. The molecule has 0 unspecified atom stereocenters. The molecule has 1 aromatic carbocycles. The lowest BCUT2D eigenvalue weighted by Crippen LogP contribution is -2.38. The molecule has 1 aliphatic heterocycles. The maximum absolute atomic E-state index is 12.8. The monoisotopic (exact) mass is 472 g/mol. The van der Waals surface area contributed by atoms with Crippen molar-refractivity contribution in [3.63, 3.8) is 0 Å². The molecule has 1 N–H and O–H groups in total. The highest BCUT2D eigenvalue weighted by molar-refractivity contribution is 6.35. The Bertz CT molecular complexity index is 1110. The fourth-order valence-electron chi connectivity index (χ4n) is 4.17. The summed E-state index contributed by atoms with van der Waals surface area (Å²) in [6.45, 7) is 2.13. The number of benzene rings is 1. The van der Waals surface area contributed by atoms with Crippen LogP contribution >= 0.6 is 23.2 Å². The van der Waals surface area contributed by atoms with Crippen LogP contribution < -0.4 is 5.32 Å². The van der Waals surface area contributed by atoms with Crippen molar-refractivity contribution in [3.05, 3.63) is 70.1 Å². The molecule has 0 saturated carbocycles. The number of amides is 2. The summed E-state index contributed by atoms with van der Waals surface area (Å²) < 4.78 is 1.84. The van der Waals surface area contributed by atoms with Crippen LogP contribution in [0, 0.1) is 5.92 Å². The van der Waals surface area contributed by atoms with Crippen molar-refractivity contribution in [2.24, 2.45) is 5.92 Å². The van der Waals surface area contributed by atoms with Crippen molar-refractivity contribution < 1.29 is 9.59 Å². The van der Waals surface area contributed by atoms with Gasteiger partial charge in [0.2, 0.25) is 0 Å². The zero-order valence-electron chi connectivity index (χ0n) is 17.8.